The van der Waals surface area contributed by atoms with E-state index >= 15 is 0 Å². The van der Waals surface area contributed by atoms with E-state index in [2.05, 4.69) is 22.5 Å². The molecule has 0 radical (unpaired) electrons. The monoisotopic (exact) mass is 269 g/mol. The van der Waals surface area contributed by atoms with Gasteiger partial charge in [-0.25, -0.2) is 4.79 Å². The highest BCUT2D eigenvalue weighted by Gasteiger charge is 2.12. The van der Waals surface area contributed by atoms with E-state index in [1.54, 1.807) is 18.2 Å². The molecule has 0 aliphatic heterocycles. The van der Waals surface area contributed by atoms with Crippen molar-refractivity contribution < 1.29 is 9.90 Å². The van der Waals surface area contributed by atoms with Crippen LogP contribution in [0.4, 0.5) is 5.69 Å². The van der Waals surface area contributed by atoms with Crippen LogP contribution in [0.2, 0.25) is 0 Å². The molecule has 0 aliphatic carbocycles. The minimum absolute atomic E-state index is 0.286. The summed E-state index contributed by atoms with van der Waals surface area (Å²) in [6.07, 6.45) is 1.73. The van der Waals surface area contributed by atoms with Crippen molar-refractivity contribution in [2.75, 3.05) is 18.5 Å². The van der Waals surface area contributed by atoms with Gasteiger partial charge in [-0.15, -0.1) is 6.58 Å². The Bertz CT molecular complexity index is 390. The van der Waals surface area contributed by atoms with E-state index in [0.717, 1.165) is 4.47 Å². The molecule has 0 unspecified atom stereocenters. The molecule has 0 saturated heterocycles. The van der Waals surface area contributed by atoms with E-state index in [9.17, 15) is 4.79 Å². The summed E-state index contributed by atoms with van der Waals surface area (Å²) in [7, 11) is 1.83. The molecular formula is C11H12BrNO2. The average molecular weight is 270 g/mol. The Balaban J connectivity index is 3.16. The second kappa shape index (κ2) is 4.98. The summed E-state index contributed by atoms with van der Waals surface area (Å²) < 4.78 is 0.760. The number of carboxylic acids is 1. The molecule has 1 rings (SSSR count). The molecule has 1 aromatic rings. The second-order valence-corrected chi connectivity index (χ2v) is 4.05. The molecule has 4 heteroatoms. The summed E-state index contributed by atoms with van der Waals surface area (Å²) >= 11 is 3.25. The molecule has 0 aliphatic rings. The van der Waals surface area contributed by atoms with Crippen molar-refractivity contribution in [1.29, 1.82) is 0 Å². The summed E-state index contributed by atoms with van der Waals surface area (Å²) in [5, 5.41) is 9.03. The first-order valence-corrected chi connectivity index (χ1v) is 5.20. The van der Waals surface area contributed by atoms with Crippen molar-refractivity contribution in [3.63, 3.8) is 0 Å². The van der Waals surface area contributed by atoms with Crippen molar-refractivity contribution in [3.8, 4) is 0 Å². The number of benzene rings is 1. The van der Waals surface area contributed by atoms with Gasteiger partial charge < -0.3 is 10.0 Å². The van der Waals surface area contributed by atoms with Crippen molar-refractivity contribution in [1.82, 2.24) is 0 Å². The maximum absolute atomic E-state index is 11.0. The summed E-state index contributed by atoms with van der Waals surface area (Å²) in [5.41, 5.74) is 0.972. The van der Waals surface area contributed by atoms with E-state index in [1.807, 2.05) is 18.0 Å². The molecule has 0 bridgehead atoms. The van der Waals surface area contributed by atoms with E-state index in [1.165, 1.54) is 0 Å². The van der Waals surface area contributed by atoms with Gasteiger partial charge >= 0.3 is 5.97 Å². The fourth-order valence-corrected chi connectivity index (χ4v) is 1.67. The number of likely N-dealkylation sites (N-methyl/N-ethyl adjacent to an activating group) is 1. The van der Waals surface area contributed by atoms with Gasteiger partial charge in [0.25, 0.3) is 0 Å². The molecule has 1 N–H and O–H groups in total. The molecule has 0 amide bonds. The third-order valence-electron chi connectivity index (χ3n) is 2.00. The molecule has 0 heterocycles. The third-order valence-corrected chi connectivity index (χ3v) is 2.50. The zero-order valence-electron chi connectivity index (χ0n) is 8.40. The largest absolute Gasteiger partial charge is 0.478 e. The molecule has 15 heavy (non-hydrogen) atoms. The van der Waals surface area contributed by atoms with Crippen LogP contribution in [0.5, 0.6) is 0 Å². The summed E-state index contributed by atoms with van der Waals surface area (Å²) in [4.78, 5) is 12.8. The zero-order chi connectivity index (χ0) is 11.4. The number of halogens is 1. The lowest BCUT2D eigenvalue weighted by molar-refractivity contribution is 0.0697. The average Bonchev–Trinajstić information content (AvgIpc) is 2.17. The van der Waals surface area contributed by atoms with Crippen LogP contribution < -0.4 is 4.90 Å². The quantitative estimate of drug-likeness (QED) is 0.855. The first-order valence-electron chi connectivity index (χ1n) is 4.41. The van der Waals surface area contributed by atoms with Crippen LogP contribution in [0.15, 0.2) is 35.3 Å². The number of rotatable bonds is 4. The van der Waals surface area contributed by atoms with E-state index in [4.69, 9.17) is 5.11 Å². The van der Waals surface area contributed by atoms with Gasteiger partial charge in [0.1, 0.15) is 0 Å². The Labute approximate surface area is 97.1 Å². The smallest absolute Gasteiger partial charge is 0.337 e. The molecule has 1 aromatic carbocycles. The van der Waals surface area contributed by atoms with Gasteiger partial charge in [-0.2, -0.15) is 0 Å². The first-order chi connectivity index (χ1) is 7.06. The van der Waals surface area contributed by atoms with Gasteiger partial charge in [-0.3, -0.25) is 0 Å². The van der Waals surface area contributed by atoms with Gasteiger partial charge in [0.2, 0.25) is 0 Å². The van der Waals surface area contributed by atoms with Crippen molar-refractivity contribution in [3.05, 3.63) is 40.9 Å². The number of carboxylic acid groups (broad SMARTS) is 1. The molecular weight excluding hydrogens is 258 g/mol. The first kappa shape index (κ1) is 11.8. The van der Waals surface area contributed by atoms with Crippen LogP contribution in [-0.4, -0.2) is 24.7 Å². The fraction of sp³-hybridized carbons (Fsp3) is 0.182. The number of carbonyl (C=O) groups is 1. The van der Waals surface area contributed by atoms with Crippen LogP contribution in [0.3, 0.4) is 0 Å². The third kappa shape index (κ3) is 2.83. The minimum atomic E-state index is -0.929. The molecule has 0 saturated carbocycles. The second-order valence-electron chi connectivity index (χ2n) is 3.14. The molecule has 0 aromatic heterocycles. The predicted molar refractivity (Wildman–Crippen MR) is 64.6 cm³/mol. The van der Waals surface area contributed by atoms with E-state index in [0.29, 0.717) is 12.2 Å². The Morgan fingerprint density at radius 3 is 2.87 bits per heavy atom. The number of aromatic carboxylic acids is 1. The summed E-state index contributed by atoms with van der Waals surface area (Å²) in [6, 6.07) is 5.19. The Kier molecular flexibility index (Phi) is 3.91. The zero-order valence-corrected chi connectivity index (χ0v) is 9.99. The lowest BCUT2D eigenvalue weighted by Crippen LogP contribution is -2.19. The fourth-order valence-electron chi connectivity index (χ4n) is 1.30. The Morgan fingerprint density at radius 1 is 1.67 bits per heavy atom. The van der Waals surface area contributed by atoms with E-state index in [-0.39, 0.29) is 5.56 Å². The lowest BCUT2D eigenvalue weighted by atomic mass is 10.1. The minimum Gasteiger partial charge on any atom is -0.478 e. The maximum atomic E-state index is 11.0. The SMILES string of the molecule is C=CCN(C)c1ccc(Br)cc1C(=O)O. The van der Waals surface area contributed by atoms with Gasteiger partial charge in [0.15, 0.2) is 0 Å². The van der Waals surface area contributed by atoms with Gasteiger partial charge in [-0.05, 0) is 18.2 Å². The highest BCUT2D eigenvalue weighted by atomic mass is 79.9. The van der Waals surface area contributed by atoms with E-state index < -0.39 is 5.97 Å². The molecule has 0 atom stereocenters. The molecule has 0 spiro atoms. The molecule has 3 nitrogen and oxygen atoms in total. The van der Waals surface area contributed by atoms with Gasteiger partial charge in [-0.1, -0.05) is 22.0 Å². The Hall–Kier alpha value is -1.29. The van der Waals surface area contributed by atoms with Crippen LogP contribution in [0.25, 0.3) is 0 Å². The van der Waals surface area contributed by atoms with Crippen molar-refractivity contribution in [2.24, 2.45) is 0 Å². The van der Waals surface area contributed by atoms with Crippen LogP contribution >= 0.6 is 15.9 Å². The van der Waals surface area contributed by atoms with Crippen LogP contribution in [0, 0.1) is 0 Å². The number of nitrogens with zero attached hydrogens (tertiary/aromatic N) is 1. The highest BCUT2D eigenvalue weighted by molar-refractivity contribution is 9.10. The van der Waals surface area contributed by atoms with Gasteiger partial charge in [0, 0.05) is 18.1 Å². The van der Waals surface area contributed by atoms with Crippen molar-refractivity contribution in [2.45, 2.75) is 0 Å². The lowest BCUT2D eigenvalue weighted by Gasteiger charge is -2.19. The van der Waals surface area contributed by atoms with Crippen LogP contribution in [-0.2, 0) is 0 Å². The normalized spacial score (nSPS) is 9.73. The number of anilines is 1. The number of hydrogen-bond donors (Lipinski definition) is 1. The van der Waals surface area contributed by atoms with Crippen molar-refractivity contribution >= 4 is 27.6 Å². The highest BCUT2D eigenvalue weighted by Crippen LogP contribution is 2.23. The maximum Gasteiger partial charge on any atom is 0.337 e. The summed E-state index contributed by atoms with van der Waals surface area (Å²) in [5.74, 6) is -0.929. The number of hydrogen-bond acceptors (Lipinski definition) is 2. The molecule has 80 valence electrons. The van der Waals surface area contributed by atoms with Gasteiger partial charge in [0.05, 0.1) is 11.3 Å². The predicted octanol–water partition coefficient (Wildman–Crippen LogP) is 2.77. The van der Waals surface area contributed by atoms with Crippen LogP contribution in [0.1, 0.15) is 10.4 Å². The topological polar surface area (TPSA) is 40.5 Å². The molecule has 0 fully saturated rings. The Morgan fingerprint density at radius 2 is 2.33 bits per heavy atom. The summed E-state index contributed by atoms with van der Waals surface area (Å²) in [6.45, 7) is 4.23. The standard InChI is InChI=1S/C11H12BrNO2/c1-3-6-13(2)10-5-4-8(12)7-9(10)11(14)15/h3-5,7H,1,6H2,2H3,(H,14,15).